The van der Waals surface area contributed by atoms with Crippen LogP contribution in [0.3, 0.4) is 0 Å². The van der Waals surface area contributed by atoms with Gasteiger partial charge in [-0.1, -0.05) is 12.1 Å². The number of fused-ring (bicyclic) bond motifs is 2. The number of anilines is 1. The van der Waals surface area contributed by atoms with E-state index >= 15 is 0 Å². The van der Waals surface area contributed by atoms with E-state index in [4.69, 9.17) is 0 Å². The fourth-order valence-electron chi connectivity index (χ4n) is 4.11. The third-order valence-electron chi connectivity index (χ3n) is 6.03. The predicted molar refractivity (Wildman–Crippen MR) is 125 cm³/mol. The molecule has 10 heteroatoms. The molecule has 3 aromatic rings. The van der Waals surface area contributed by atoms with Gasteiger partial charge < -0.3 is 15.1 Å². The van der Waals surface area contributed by atoms with Crippen molar-refractivity contribution >= 4 is 40.4 Å². The minimum absolute atomic E-state index is 0.00914. The van der Waals surface area contributed by atoms with Gasteiger partial charge in [0.2, 0.25) is 17.5 Å². The van der Waals surface area contributed by atoms with Crippen molar-refractivity contribution in [1.82, 2.24) is 20.2 Å². The lowest BCUT2D eigenvalue weighted by atomic mass is 9.93. The summed E-state index contributed by atoms with van der Waals surface area (Å²) in [6, 6.07) is 9.38. The number of hydrogen-bond acceptors (Lipinski definition) is 8. The number of nitrogens with one attached hydrogen (secondary N) is 1. The van der Waals surface area contributed by atoms with Crippen LogP contribution in [0.15, 0.2) is 42.7 Å². The second-order valence-corrected chi connectivity index (χ2v) is 9.12. The molecule has 1 aromatic carbocycles. The van der Waals surface area contributed by atoms with E-state index in [2.05, 4.69) is 20.2 Å². The van der Waals surface area contributed by atoms with E-state index in [9.17, 15) is 19.2 Å². The fraction of sp³-hybridized carbons (Fsp3) is 0.250. The van der Waals surface area contributed by atoms with Gasteiger partial charge >= 0.3 is 0 Å². The normalized spacial score (nSPS) is 15.1. The van der Waals surface area contributed by atoms with Crippen molar-refractivity contribution in [1.29, 1.82) is 0 Å². The SMILES string of the molecule is CC(=O)N1CCN(c2ccc(CNC(=O)c3nc4c(s3)C(=O)c3ccncc3C4=O)cc2)CC1. The third kappa shape index (κ3) is 3.96. The number of amides is 2. The van der Waals surface area contributed by atoms with Gasteiger partial charge in [-0.3, -0.25) is 24.2 Å². The maximum absolute atomic E-state index is 12.7. The van der Waals surface area contributed by atoms with Crippen molar-refractivity contribution in [3.05, 3.63) is 75.0 Å². The summed E-state index contributed by atoms with van der Waals surface area (Å²) in [6.45, 7) is 4.85. The van der Waals surface area contributed by atoms with Crippen LogP contribution in [0.1, 0.15) is 53.6 Å². The summed E-state index contributed by atoms with van der Waals surface area (Å²) in [6.07, 6.45) is 2.81. The van der Waals surface area contributed by atoms with E-state index < -0.39 is 11.7 Å². The maximum atomic E-state index is 12.7. The number of hydrogen-bond donors (Lipinski definition) is 1. The van der Waals surface area contributed by atoms with Crippen LogP contribution in [0.2, 0.25) is 0 Å². The topological polar surface area (TPSA) is 113 Å². The summed E-state index contributed by atoms with van der Waals surface area (Å²) in [5.74, 6) is -1.05. The van der Waals surface area contributed by atoms with E-state index in [1.54, 1.807) is 6.92 Å². The van der Waals surface area contributed by atoms with E-state index in [0.717, 1.165) is 35.7 Å². The van der Waals surface area contributed by atoms with E-state index in [1.807, 2.05) is 29.2 Å². The predicted octanol–water partition coefficient (Wildman–Crippen LogP) is 1.91. The number of carbonyl (C=O) groups is 4. The maximum Gasteiger partial charge on any atom is 0.280 e. The lowest BCUT2D eigenvalue weighted by Crippen LogP contribution is -2.48. The van der Waals surface area contributed by atoms with Crippen molar-refractivity contribution in [3.63, 3.8) is 0 Å². The van der Waals surface area contributed by atoms with E-state index in [1.165, 1.54) is 18.5 Å². The van der Waals surface area contributed by atoms with E-state index in [0.29, 0.717) is 13.1 Å². The minimum atomic E-state index is -0.438. The molecule has 0 radical (unpaired) electrons. The van der Waals surface area contributed by atoms with Gasteiger partial charge in [0, 0.05) is 63.3 Å². The van der Waals surface area contributed by atoms with Crippen LogP contribution in [0.25, 0.3) is 0 Å². The second-order valence-electron chi connectivity index (χ2n) is 8.12. The molecule has 1 N–H and O–H groups in total. The highest BCUT2D eigenvalue weighted by molar-refractivity contribution is 7.16. The van der Waals surface area contributed by atoms with Crippen molar-refractivity contribution in [2.24, 2.45) is 0 Å². The summed E-state index contributed by atoms with van der Waals surface area (Å²) >= 11 is 0.929. The van der Waals surface area contributed by atoms with Gasteiger partial charge in [-0.2, -0.15) is 0 Å². The molecule has 0 unspecified atom stereocenters. The van der Waals surface area contributed by atoms with Gasteiger partial charge in [0.25, 0.3) is 5.91 Å². The molecule has 2 aliphatic rings. The molecule has 2 aromatic heterocycles. The van der Waals surface area contributed by atoms with Crippen LogP contribution in [0.4, 0.5) is 5.69 Å². The molecular weight excluding hydrogens is 454 g/mol. The Morgan fingerprint density at radius 3 is 2.44 bits per heavy atom. The molecule has 34 heavy (non-hydrogen) atoms. The molecule has 2 amide bonds. The first-order valence-corrected chi connectivity index (χ1v) is 11.7. The second kappa shape index (κ2) is 8.79. The Balaban J connectivity index is 1.22. The van der Waals surface area contributed by atoms with Crippen LogP contribution in [-0.2, 0) is 11.3 Å². The zero-order valence-electron chi connectivity index (χ0n) is 18.4. The molecule has 3 heterocycles. The largest absolute Gasteiger partial charge is 0.368 e. The highest BCUT2D eigenvalue weighted by atomic mass is 32.1. The Morgan fingerprint density at radius 2 is 1.74 bits per heavy atom. The molecule has 5 rings (SSSR count). The molecule has 0 spiro atoms. The number of ketones is 2. The molecule has 0 atom stereocenters. The first-order valence-electron chi connectivity index (χ1n) is 10.8. The molecule has 0 saturated carbocycles. The first-order chi connectivity index (χ1) is 16.4. The fourth-order valence-corrected chi connectivity index (χ4v) is 5.04. The van der Waals surface area contributed by atoms with Gasteiger partial charge in [-0.15, -0.1) is 11.3 Å². The molecular formula is C24H21N5O4S. The smallest absolute Gasteiger partial charge is 0.280 e. The summed E-state index contributed by atoms with van der Waals surface area (Å²) < 4.78 is 0. The van der Waals surface area contributed by atoms with Gasteiger partial charge in [-0.25, -0.2) is 4.98 Å². The number of benzene rings is 1. The average Bonchev–Trinajstić information content (AvgIpc) is 3.32. The number of nitrogens with zero attached hydrogens (tertiary/aromatic N) is 4. The van der Waals surface area contributed by atoms with Gasteiger partial charge in [0.1, 0.15) is 10.6 Å². The number of aromatic nitrogens is 2. The summed E-state index contributed by atoms with van der Waals surface area (Å²) in [5.41, 5.74) is 2.48. The number of piperazine rings is 1. The molecule has 1 saturated heterocycles. The van der Waals surface area contributed by atoms with Crippen molar-refractivity contribution < 1.29 is 19.2 Å². The quantitative estimate of drug-likeness (QED) is 0.480. The summed E-state index contributed by atoms with van der Waals surface area (Å²) in [4.78, 5) is 61.9. The monoisotopic (exact) mass is 475 g/mol. The van der Waals surface area contributed by atoms with Crippen LogP contribution in [-0.4, -0.2) is 64.4 Å². The summed E-state index contributed by atoms with van der Waals surface area (Å²) in [7, 11) is 0. The molecule has 0 bridgehead atoms. The van der Waals surface area contributed by atoms with Gasteiger partial charge in [-0.05, 0) is 23.8 Å². The third-order valence-corrected chi connectivity index (χ3v) is 7.09. The molecule has 1 aliphatic carbocycles. The molecule has 9 nitrogen and oxygen atoms in total. The van der Waals surface area contributed by atoms with Gasteiger partial charge in [0.15, 0.2) is 5.01 Å². The minimum Gasteiger partial charge on any atom is -0.368 e. The Kier molecular flexibility index (Phi) is 5.66. The first kappa shape index (κ1) is 21.9. The van der Waals surface area contributed by atoms with Crippen LogP contribution < -0.4 is 10.2 Å². The summed E-state index contributed by atoms with van der Waals surface area (Å²) in [5, 5.41) is 2.89. The zero-order chi connectivity index (χ0) is 23.8. The molecule has 172 valence electrons. The van der Waals surface area contributed by atoms with Crippen molar-refractivity contribution in [2.45, 2.75) is 13.5 Å². The lowest BCUT2D eigenvalue weighted by molar-refractivity contribution is -0.129. The van der Waals surface area contributed by atoms with E-state index in [-0.39, 0.29) is 44.9 Å². The van der Waals surface area contributed by atoms with Crippen LogP contribution >= 0.6 is 11.3 Å². The number of pyridine rings is 1. The number of thiazole rings is 1. The Morgan fingerprint density at radius 1 is 1.00 bits per heavy atom. The molecule has 1 aliphatic heterocycles. The average molecular weight is 476 g/mol. The standard InChI is InChI=1S/C24H21N5O4S/c1-14(30)28-8-10-29(11-9-28)16-4-2-15(3-5-16)12-26-23(33)24-27-19-20(31)18-13-25-7-6-17(18)21(32)22(19)34-24/h2-7,13H,8-12H2,1H3,(H,26,33). The lowest BCUT2D eigenvalue weighted by Gasteiger charge is -2.35. The van der Waals surface area contributed by atoms with Crippen LogP contribution in [0, 0.1) is 0 Å². The number of rotatable bonds is 4. The van der Waals surface area contributed by atoms with Gasteiger partial charge in [0.05, 0.1) is 5.56 Å². The van der Waals surface area contributed by atoms with Crippen LogP contribution in [0.5, 0.6) is 0 Å². The number of carbonyl (C=O) groups excluding carboxylic acids is 4. The Bertz CT molecular complexity index is 1260. The molecule has 1 fully saturated rings. The zero-order valence-corrected chi connectivity index (χ0v) is 19.2. The van der Waals surface area contributed by atoms with Crippen molar-refractivity contribution in [3.8, 4) is 0 Å². The highest BCUT2D eigenvalue weighted by Gasteiger charge is 2.34. The highest BCUT2D eigenvalue weighted by Crippen LogP contribution is 2.30. The van der Waals surface area contributed by atoms with Crippen molar-refractivity contribution in [2.75, 3.05) is 31.1 Å². The Hall–Kier alpha value is -3.92. The Labute approximate surface area is 199 Å².